The number of anilines is 2. The minimum absolute atomic E-state index is 0.515. The number of hydrogen-bond acceptors (Lipinski definition) is 6. The largest absolute Gasteiger partial charge is 0.354 e. The zero-order chi connectivity index (χ0) is 18.9. The van der Waals surface area contributed by atoms with Crippen molar-refractivity contribution in [1.29, 1.82) is 0 Å². The molecule has 0 radical (unpaired) electrons. The fourth-order valence-corrected chi connectivity index (χ4v) is 5.83. The van der Waals surface area contributed by atoms with Crippen molar-refractivity contribution in [2.75, 3.05) is 62.2 Å². The molecule has 0 spiro atoms. The quantitative estimate of drug-likeness (QED) is 0.765. The van der Waals surface area contributed by atoms with Gasteiger partial charge in [0.2, 0.25) is 5.95 Å². The van der Waals surface area contributed by atoms with E-state index in [0.29, 0.717) is 39.3 Å². The lowest BCUT2D eigenvalue weighted by Gasteiger charge is -2.36. The van der Waals surface area contributed by atoms with E-state index in [4.69, 9.17) is 4.98 Å². The van der Waals surface area contributed by atoms with E-state index in [1.165, 1.54) is 19.3 Å². The molecule has 3 aliphatic heterocycles. The Labute approximate surface area is 162 Å². The van der Waals surface area contributed by atoms with E-state index in [2.05, 4.69) is 14.8 Å². The second-order valence-corrected chi connectivity index (χ2v) is 9.64. The van der Waals surface area contributed by atoms with Gasteiger partial charge < -0.3 is 9.80 Å². The number of aromatic nitrogens is 2. The highest BCUT2D eigenvalue weighted by Crippen LogP contribution is 2.23. The van der Waals surface area contributed by atoms with Gasteiger partial charge in [0, 0.05) is 64.1 Å². The summed E-state index contributed by atoms with van der Waals surface area (Å²) in [5, 5.41) is 0. The molecule has 0 atom stereocenters. The first-order valence-electron chi connectivity index (χ1n) is 10.1. The molecule has 150 valence electrons. The average Bonchev–Trinajstić information content (AvgIpc) is 3.24. The van der Waals surface area contributed by atoms with Crippen molar-refractivity contribution in [2.45, 2.75) is 39.0 Å². The third kappa shape index (κ3) is 4.05. The zero-order valence-electron chi connectivity index (χ0n) is 16.2. The maximum absolute atomic E-state index is 12.7. The van der Waals surface area contributed by atoms with Gasteiger partial charge >= 0.3 is 0 Å². The van der Waals surface area contributed by atoms with E-state index in [-0.39, 0.29) is 0 Å². The summed E-state index contributed by atoms with van der Waals surface area (Å²) in [7, 11) is -3.30. The number of piperidine rings is 1. The van der Waals surface area contributed by atoms with Crippen molar-refractivity contribution in [3.05, 3.63) is 11.8 Å². The van der Waals surface area contributed by atoms with Crippen LogP contribution in [0.15, 0.2) is 6.07 Å². The third-order valence-corrected chi connectivity index (χ3v) is 7.78. The van der Waals surface area contributed by atoms with E-state index >= 15 is 0 Å². The van der Waals surface area contributed by atoms with Gasteiger partial charge in [-0.25, -0.2) is 4.98 Å². The molecule has 3 aliphatic rings. The molecule has 3 saturated heterocycles. The van der Waals surface area contributed by atoms with Crippen molar-refractivity contribution < 1.29 is 8.42 Å². The maximum Gasteiger partial charge on any atom is 0.282 e. The molecule has 0 unspecified atom stereocenters. The van der Waals surface area contributed by atoms with E-state index in [1.54, 1.807) is 8.61 Å². The molecule has 0 aliphatic carbocycles. The van der Waals surface area contributed by atoms with Gasteiger partial charge in [-0.05, 0) is 39.0 Å². The monoisotopic (exact) mass is 394 g/mol. The van der Waals surface area contributed by atoms with Crippen LogP contribution in [0.25, 0.3) is 0 Å². The molecule has 0 N–H and O–H groups in total. The summed E-state index contributed by atoms with van der Waals surface area (Å²) in [6, 6.07) is 2.01. The summed E-state index contributed by atoms with van der Waals surface area (Å²) in [6.45, 7) is 7.73. The Balaban J connectivity index is 1.44. The summed E-state index contributed by atoms with van der Waals surface area (Å²) >= 11 is 0. The summed E-state index contributed by atoms with van der Waals surface area (Å²) in [5.41, 5.74) is 0.965. The Morgan fingerprint density at radius 1 is 0.741 bits per heavy atom. The van der Waals surface area contributed by atoms with Crippen LogP contribution in [0, 0.1) is 6.92 Å². The highest BCUT2D eigenvalue weighted by Gasteiger charge is 2.34. The lowest BCUT2D eigenvalue weighted by molar-refractivity contribution is 0.343. The van der Waals surface area contributed by atoms with E-state index in [1.807, 2.05) is 13.0 Å². The molecule has 0 saturated carbocycles. The SMILES string of the molecule is Cc1cc(N2CCN(S(=O)(=O)N3CCCC3)CC2)nc(N2CCCCC2)n1. The van der Waals surface area contributed by atoms with Gasteiger partial charge in [-0.15, -0.1) is 0 Å². The summed E-state index contributed by atoms with van der Waals surface area (Å²) < 4.78 is 28.8. The van der Waals surface area contributed by atoms with Crippen molar-refractivity contribution in [1.82, 2.24) is 18.6 Å². The number of aryl methyl sites for hydroxylation is 1. The lowest BCUT2D eigenvalue weighted by atomic mass is 10.1. The highest BCUT2D eigenvalue weighted by atomic mass is 32.2. The minimum Gasteiger partial charge on any atom is -0.354 e. The minimum atomic E-state index is -3.30. The van der Waals surface area contributed by atoms with E-state index in [0.717, 1.165) is 43.4 Å². The maximum atomic E-state index is 12.7. The number of rotatable bonds is 4. The Morgan fingerprint density at radius 2 is 1.33 bits per heavy atom. The Bertz CT molecular complexity index is 751. The van der Waals surface area contributed by atoms with Gasteiger partial charge in [-0.3, -0.25) is 0 Å². The van der Waals surface area contributed by atoms with Crippen LogP contribution in [0.4, 0.5) is 11.8 Å². The van der Waals surface area contributed by atoms with Crippen LogP contribution in [0.5, 0.6) is 0 Å². The Morgan fingerprint density at radius 3 is 2.00 bits per heavy atom. The molecule has 0 aromatic carbocycles. The van der Waals surface area contributed by atoms with Crippen LogP contribution in [0.1, 0.15) is 37.8 Å². The molecular formula is C18H30N6O2S. The molecule has 0 bridgehead atoms. The predicted molar refractivity (Wildman–Crippen MR) is 106 cm³/mol. The van der Waals surface area contributed by atoms with Crippen molar-refractivity contribution in [2.24, 2.45) is 0 Å². The molecule has 0 amide bonds. The van der Waals surface area contributed by atoms with Crippen LogP contribution in [-0.4, -0.2) is 79.4 Å². The molecule has 27 heavy (non-hydrogen) atoms. The molecule has 1 aromatic rings. The summed E-state index contributed by atoms with van der Waals surface area (Å²) in [6.07, 6.45) is 5.61. The van der Waals surface area contributed by atoms with Gasteiger partial charge in [0.15, 0.2) is 0 Å². The summed E-state index contributed by atoms with van der Waals surface area (Å²) in [4.78, 5) is 13.9. The van der Waals surface area contributed by atoms with Crippen LogP contribution < -0.4 is 9.80 Å². The van der Waals surface area contributed by atoms with Crippen molar-refractivity contribution >= 4 is 22.0 Å². The first-order chi connectivity index (χ1) is 13.0. The van der Waals surface area contributed by atoms with E-state index in [9.17, 15) is 8.42 Å². The van der Waals surface area contributed by atoms with Crippen molar-refractivity contribution in [3.8, 4) is 0 Å². The van der Waals surface area contributed by atoms with Crippen molar-refractivity contribution in [3.63, 3.8) is 0 Å². The lowest BCUT2D eigenvalue weighted by Crippen LogP contribution is -2.52. The number of hydrogen-bond donors (Lipinski definition) is 0. The molecule has 1 aromatic heterocycles. The smallest absolute Gasteiger partial charge is 0.282 e. The van der Waals surface area contributed by atoms with Gasteiger partial charge in [0.25, 0.3) is 10.2 Å². The molecule has 8 nitrogen and oxygen atoms in total. The van der Waals surface area contributed by atoms with E-state index < -0.39 is 10.2 Å². The first kappa shape index (κ1) is 18.9. The zero-order valence-corrected chi connectivity index (χ0v) is 17.0. The Kier molecular flexibility index (Phi) is 5.52. The molecule has 4 heterocycles. The third-order valence-electron chi connectivity index (χ3n) is 5.75. The first-order valence-corrected chi connectivity index (χ1v) is 11.5. The van der Waals surface area contributed by atoms with Crippen LogP contribution in [0.3, 0.4) is 0 Å². The van der Waals surface area contributed by atoms with Crippen LogP contribution in [0.2, 0.25) is 0 Å². The topological polar surface area (TPSA) is 72.9 Å². The van der Waals surface area contributed by atoms with Crippen LogP contribution >= 0.6 is 0 Å². The van der Waals surface area contributed by atoms with Gasteiger partial charge in [0.1, 0.15) is 5.82 Å². The normalized spacial score (nSPS) is 23.1. The molecule has 4 rings (SSSR count). The fourth-order valence-electron chi connectivity index (χ4n) is 4.16. The fraction of sp³-hybridized carbons (Fsp3) is 0.778. The summed E-state index contributed by atoms with van der Waals surface area (Å²) in [5.74, 6) is 1.73. The van der Waals surface area contributed by atoms with Crippen LogP contribution in [-0.2, 0) is 10.2 Å². The molecule has 3 fully saturated rings. The highest BCUT2D eigenvalue weighted by molar-refractivity contribution is 7.86. The second kappa shape index (κ2) is 7.89. The van der Waals surface area contributed by atoms with Gasteiger partial charge in [-0.2, -0.15) is 22.0 Å². The Hall–Kier alpha value is -1.45. The average molecular weight is 395 g/mol. The number of piperazine rings is 1. The molecular weight excluding hydrogens is 364 g/mol. The van der Waals surface area contributed by atoms with Gasteiger partial charge in [0.05, 0.1) is 0 Å². The standard InChI is InChI=1S/C18H30N6O2S/c1-16-15-17(20-18(19-16)22-7-3-2-4-8-22)21-11-13-24(14-12-21)27(25,26)23-9-5-6-10-23/h15H,2-14H2,1H3. The second-order valence-electron chi connectivity index (χ2n) is 7.72. The van der Waals surface area contributed by atoms with Gasteiger partial charge in [-0.1, -0.05) is 0 Å². The predicted octanol–water partition coefficient (Wildman–Crippen LogP) is 1.24. The number of nitrogens with zero attached hydrogens (tertiary/aromatic N) is 6. The molecule has 9 heteroatoms.